The Morgan fingerprint density at radius 1 is 1.42 bits per heavy atom. The number of anilines is 1. The van der Waals surface area contributed by atoms with E-state index in [9.17, 15) is 10.1 Å². The Kier molecular flexibility index (Phi) is 5.31. The molecular weight excluding hydrogens is 302 g/mol. The molecule has 6 heteroatoms. The zero-order chi connectivity index (χ0) is 16.8. The first-order valence-electron chi connectivity index (χ1n) is 8.79. The van der Waals surface area contributed by atoms with E-state index in [2.05, 4.69) is 26.6 Å². The number of nitrogens with zero attached hydrogens (tertiary/aromatic N) is 3. The van der Waals surface area contributed by atoms with Crippen LogP contribution in [0.15, 0.2) is 24.4 Å². The molecule has 2 aliphatic rings. The normalized spacial score (nSPS) is 22.9. The predicted octanol–water partition coefficient (Wildman–Crippen LogP) is 1.77. The predicted molar refractivity (Wildman–Crippen MR) is 92.2 cm³/mol. The second-order valence-electron chi connectivity index (χ2n) is 6.93. The molecule has 1 aliphatic heterocycles. The summed E-state index contributed by atoms with van der Waals surface area (Å²) in [6.07, 6.45) is 6.48. The van der Waals surface area contributed by atoms with E-state index in [0.29, 0.717) is 12.5 Å². The maximum Gasteiger partial charge on any atom is 0.235 e. The van der Waals surface area contributed by atoms with E-state index in [-0.39, 0.29) is 5.91 Å². The number of carbonyl (C=O) groups is 1. The first-order valence-corrected chi connectivity index (χ1v) is 8.79. The Morgan fingerprint density at radius 3 is 2.96 bits per heavy atom. The number of aromatic nitrogens is 1. The SMILES string of the molecule is N#CC1(NC(=O)CN2CC[C@H](CNc3ccccn3)C2)CCCC1. The lowest BCUT2D eigenvalue weighted by Crippen LogP contribution is -2.48. The van der Waals surface area contributed by atoms with Gasteiger partial charge in [0.05, 0.1) is 12.6 Å². The molecule has 1 aliphatic carbocycles. The third-order valence-corrected chi connectivity index (χ3v) is 5.02. The minimum Gasteiger partial charge on any atom is -0.370 e. The Hall–Kier alpha value is -2.13. The minimum atomic E-state index is -0.614. The van der Waals surface area contributed by atoms with Crippen molar-refractivity contribution in [3.05, 3.63) is 24.4 Å². The molecule has 2 fully saturated rings. The van der Waals surface area contributed by atoms with Crippen LogP contribution in [-0.4, -0.2) is 47.5 Å². The molecule has 0 radical (unpaired) electrons. The second-order valence-corrected chi connectivity index (χ2v) is 6.93. The van der Waals surface area contributed by atoms with Crippen LogP contribution in [0.5, 0.6) is 0 Å². The van der Waals surface area contributed by atoms with Crippen molar-refractivity contribution in [2.75, 3.05) is 31.5 Å². The largest absolute Gasteiger partial charge is 0.370 e. The van der Waals surface area contributed by atoms with Gasteiger partial charge >= 0.3 is 0 Å². The fraction of sp³-hybridized carbons (Fsp3) is 0.611. The number of hydrogen-bond acceptors (Lipinski definition) is 5. The molecule has 2 N–H and O–H groups in total. The summed E-state index contributed by atoms with van der Waals surface area (Å²) < 4.78 is 0. The molecule has 3 rings (SSSR count). The average Bonchev–Trinajstić information content (AvgIpc) is 3.24. The van der Waals surface area contributed by atoms with Crippen LogP contribution in [0.3, 0.4) is 0 Å². The first kappa shape index (κ1) is 16.7. The lowest BCUT2D eigenvalue weighted by Gasteiger charge is -2.24. The molecule has 24 heavy (non-hydrogen) atoms. The Morgan fingerprint density at radius 2 is 2.25 bits per heavy atom. The van der Waals surface area contributed by atoms with Gasteiger partial charge in [-0.3, -0.25) is 9.69 Å². The van der Waals surface area contributed by atoms with Gasteiger partial charge in [-0.05, 0) is 56.7 Å². The minimum absolute atomic E-state index is 0.0169. The highest BCUT2D eigenvalue weighted by Crippen LogP contribution is 2.28. The Balaban J connectivity index is 1.41. The first-order chi connectivity index (χ1) is 11.7. The van der Waals surface area contributed by atoms with E-state index < -0.39 is 5.54 Å². The van der Waals surface area contributed by atoms with Crippen molar-refractivity contribution in [2.45, 2.75) is 37.6 Å². The van der Waals surface area contributed by atoms with Crippen LogP contribution in [0.2, 0.25) is 0 Å². The summed E-state index contributed by atoms with van der Waals surface area (Å²) in [5.74, 6) is 1.40. The van der Waals surface area contributed by atoms with Crippen LogP contribution in [0, 0.1) is 17.2 Å². The number of amides is 1. The number of rotatable bonds is 6. The zero-order valence-corrected chi connectivity index (χ0v) is 14.0. The van der Waals surface area contributed by atoms with Crippen molar-refractivity contribution in [1.29, 1.82) is 5.26 Å². The quantitative estimate of drug-likeness (QED) is 0.832. The summed E-state index contributed by atoms with van der Waals surface area (Å²) in [7, 11) is 0. The third-order valence-electron chi connectivity index (χ3n) is 5.02. The van der Waals surface area contributed by atoms with Crippen LogP contribution < -0.4 is 10.6 Å². The van der Waals surface area contributed by atoms with Gasteiger partial charge in [0, 0.05) is 19.3 Å². The summed E-state index contributed by atoms with van der Waals surface area (Å²) in [5, 5.41) is 15.7. The standard InChI is InChI=1S/C18H25N5O/c19-14-18(7-2-3-8-18)22-17(24)13-23-10-6-15(12-23)11-21-16-5-1-4-9-20-16/h1,4-5,9,15H,2-3,6-8,10-13H2,(H,20,21)(H,22,24)/t15-/m1/s1. The van der Waals surface area contributed by atoms with E-state index in [1.165, 1.54) is 0 Å². The van der Waals surface area contributed by atoms with Gasteiger partial charge in [0.2, 0.25) is 5.91 Å². The van der Waals surface area contributed by atoms with Crippen molar-refractivity contribution in [2.24, 2.45) is 5.92 Å². The second kappa shape index (κ2) is 7.63. The van der Waals surface area contributed by atoms with Gasteiger partial charge in [0.25, 0.3) is 0 Å². The molecule has 0 bridgehead atoms. The monoisotopic (exact) mass is 327 g/mol. The van der Waals surface area contributed by atoms with Gasteiger partial charge in [0.15, 0.2) is 0 Å². The summed E-state index contributed by atoms with van der Waals surface area (Å²) in [5.41, 5.74) is -0.614. The van der Waals surface area contributed by atoms with Gasteiger partial charge in [0.1, 0.15) is 11.4 Å². The molecular formula is C18H25N5O. The summed E-state index contributed by atoms with van der Waals surface area (Å²) in [6, 6.07) is 8.14. The molecule has 1 amide bonds. The maximum absolute atomic E-state index is 12.3. The number of likely N-dealkylation sites (tertiary alicyclic amines) is 1. The van der Waals surface area contributed by atoms with Crippen molar-refractivity contribution in [3.8, 4) is 6.07 Å². The van der Waals surface area contributed by atoms with E-state index in [1.807, 2.05) is 18.2 Å². The van der Waals surface area contributed by atoms with Crippen molar-refractivity contribution in [1.82, 2.24) is 15.2 Å². The topological polar surface area (TPSA) is 81.0 Å². The van der Waals surface area contributed by atoms with Gasteiger partial charge in [-0.15, -0.1) is 0 Å². The fourth-order valence-electron chi connectivity index (χ4n) is 3.69. The molecule has 0 unspecified atom stereocenters. The molecule has 2 heterocycles. The average molecular weight is 327 g/mol. The maximum atomic E-state index is 12.3. The van der Waals surface area contributed by atoms with Gasteiger partial charge in [-0.2, -0.15) is 5.26 Å². The van der Waals surface area contributed by atoms with Gasteiger partial charge < -0.3 is 10.6 Å². The van der Waals surface area contributed by atoms with E-state index in [0.717, 1.165) is 57.6 Å². The molecule has 1 atom stereocenters. The molecule has 0 spiro atoms. The summed E-state index contributed by atoms with van der Waals surface area (Å²) in [4.78, 5) is 18.7. The van der Waals surface area contributed by atoms with Crippen molar-refractivity contribution in [3.63, 3.8) is 0 Å². The zero-order valence-electron chi connectivity index (χ0n) is 14.0. The highest BCUT2D eigenvalue weighted by molar-refractivity contribution is 5.79. The lowest BCUT2D eigenvalue weighted by molar-refractivity contribution is -0.123. The van der Waals surface area contributed by atoms with Crippen molar-refractivity contribution >= 4 is 11.7 Å². The Labute approximate surface area is 143 Å². The van der Waals surface area contributed by atoms with E-state index in [1.54, 1.807) is 6.20 Å². The van der Waals surface area contributed by atoms with E-state index in [4.69, 9.17) is 0 Å². The molecule has 1 aromatic rings. The van der Waals surface area contributed by atoms with Gasteiger partial charge in [-0.25, -0.2) is 4.98 Å². The Bertz CT molecular complexity index is 591. The van der Waals surface area contributed by atoms with Crippen LogP contribution in [0.25, 0.3) is 0 Å². The van der Waals surface area contributed by atoms with Crippen LogP contribution >= 0.6 is 0 Å². The van der Waals surface area contributed by atoms with Crippen LogP contribution in [-0.2, 0) is 4.79 Å². The molecule has 1 saturated heterocycles. The fourth-order valence-corrected chi connectivity index (χ4v) is 3.69. The smallest absolute Gasteiger partial charge is 0.235 e. The number of nitriles is 1. The summed E-state index contributed by atoms with van der Waals surface area (Å²) in [6.45, 7) is 3.11. The third kappa shape index (κ3) is 4.24. The van der Waals surface area contributed by atoms with Gasteiger partial charge in [-0.1, -0.05) is 6.07 Å². The highest BCUT2D eigenvalue weighted by Gasteiger charge is 2.36. The lowest BCUT2D eigenvalue weighted by atomic mass is 10.00. The number of carbonyl (C=O) groups excluding carboxylic acids is 1. The molecule has 1 saturated carbocycles. The molecule has 6 nitrogen and oxygen atoms in total. The number of pyridine rings is 1. The number of hydrogen-bond donors (Lipinski definition) is 2. The summed E-state index contributed by atoms with van der Waals surface area (Å²) >= 11 is 0. The van der Waals surface area contributed by atoms with E-state index >= 15 is 0 Å². The van der Waals surface area contributed by atoms with Crippen LogP contribution in [0.4, 0.5) is 5.82 Å². The van der Waals surface area contributed by atoms with Crippen molar-refractivity contribution < 1.29 is 4.79 Å². The molecule has 1 aromatic heterocycles. The highest BCUT2D eigenvalue weighted by atomic mass is 16.2. The number of nitrogens with one attached hydrogen (secondary N) is 2. The molecule has 0 aromatic carbocycles. The van der Waals surface area contributed by atoms with Crippen LogP contribution in [0.1, 0.15) is 32.1 Å². The molecule has 128 valence electrons.